The molecular formula is C18H25O3. The Morgan fingerprint density at radius 1 is 1.24 bits per heavy atom. The molecule has 0 amide bonds. The number of benzene rings is 1. The molecule has 0 spiro atoms. The average Bonchev–Trinajstić information content (AvgIpc) is 2.52. The van der Waals surface area contributed by atoms with Gasteiger partial charge >= 0.3 is 5.97 Å². The molecule has 1 aliphatic rings. The van der Waals surface area contributed by atoms with Crippen LogP contribution in [0.5, 0.6) is 0 Å². The zero-order valence-electron chi connectivity index (χ0n) is 13.2. The van der Waals surface area contributed by atoms with E-state index in [0.717, 1.165) is 31.8 Å². The summed E-state index contributed by atoms with van der Waals surface area (Å²) in [6, 6.07) is 7.52. The molecule has 1 atom stereocenters. The molecule has 0 N–H and O–H groups in total. The van der Waals surface area contributed by atoms with Gasteiger partial charge in [0.05, 0.1) is 5.56 Å². The summed E-state index contributed by atoms with van der Waals surface area (Å²) in [5.74, 6) is 0.461. The monoisotopic (exact) mass is 289 g/mol. The Kier molecular flexibility index (Phi) is 5.80. The van der Waals surface area contributed by atoms with E-state index in [0.29, 0.717) is 17.4 Å². The third-order valence-electron chi connectivity index (χ3n) is 4.21. The van der Waals surface area contributed by atoms with Gasteiger partial charge in [0.1, 0.15) is 0 Å². The Labute approximate surface area is 127 Å². The van der Waals surface area contributed by atoms with Crippen LogP contribution in [0.15, 0.2) is 24.3 Å². The van der Waals surface area contributed by atoms with Crippen molar-refractivity contribution in [2.45, 2.75) is 58.8 Å². The van der Waals surface area contributed by atoms with E-state index in [9.17, 15) is 4.79 Å². The number of carbonyl (C=O) groups excluding carboxylic acids is 1. The van der Waals surface area contributed by atoms with Gasteiger partial charge in [0.25, 0.3) is 0 Å². The van der Waals surface area contributed by atoms with Crippen LogP contribution in [0.25, 0.3) is 0 Å². The molecule has 0 bridgehead atoms. The van der Waals surface area contributed by atoms with Crippen molar-refractivity contribution in [1.82, 2.24) is 0 Å². The lowest BCUT2D eigenvalue weighted by Gasteiger charge is -2.27. The zero-order chi connectivity index (χ0) is 15.2. The van der Waals surface area contributed by atoms with Crippen LogP contribution in [0.1, 0.15) is 74.7 Å². The van der Waals surface area contributed by atoms with Gasteiger partial charge in [-0.3, -0.25) is 4.89 Å². The van der Waals surface area contributed by atoms with Crippen molar-refractivity contribution in [3.8, 4) is 0 Å². The molecule has 0 aliphatic heterocycles. The van der Waals surface area contributed by atoms with Gasteiger partial charge in [0.2, 0.25) is 0 Å². The van der Waals surface area contributed by atoms with Crippen LogP contribution in [-0.4, -0.2) is 5.97 Å². The fourth-order valence-corrected chi connectivity index (χ4v) is 2.74. The quantitative estimate of drug-likeness (QED) is 0.563. The van der Waals surface area contributed by atoms with Crippen LogP contribution in [-0.2, 0) is 9.78 Å². The molecule has 0 heterocycles. The van der Waals surface area contributed by atoms with Crippen LogP contribution in [0.4, 0.5) is 0 Å². The largest absolute Gasteiger partial charge is 0.373 e. The van der Waals surface area contributed by atoms with Gasteiger partial charge < -0.3 is 0 Å². The molecule has 1 aromatic rings. The molecule has 1 saturated carbocycles. The van der Waals surface area contributed by atoms with Gasteiger partial charge in [0, 0.05) is 0 Å². The fraction of sp³-hybridized carbons (Fsp3) is 0.556. The summed E-state index contributed by atoms with van der Waals surface area (Å²) in [5.41, 5.74) is 1.74. The number of rotatable bonds is 5. The summed E-state index contributed by atoms with van der Waals surface area (Å²) in [4.78, 5) is 22.4. The average molecular weight is 289 g/mol. The minimum absolute atomic E-state index is 0.418. The molecule has 1 fully saturated rings. The highest BCUT2D eigenvalue weighted by Gasteiger charge is 2.28. The first-order valence-corrected chi connectivity index (χ1v) is 7.96. The normalized spacial score (nSPS) is 19.7. The van der Waals surface area contributed by atoms with Crippen molar-refractivity contribution in [3.05, 3.63) is 41.5 Å². The summed E-state index contributed by atoms with van der Waals surface area (Å²) < 4.78 is 0. The summed E-state index contributed by atoms with van der Waals surface area (Å²) in [5, 5.41) is 0. The molecular weight excluding hydrogens is 264 g/mol. The highest BCUT2D eigenvalue weighted by Crippen LogP contribution is 2.34. The van der Waals surface area contributed by atoms with Crippen molar-refractivity contribution < 1.29 is 14.6 Å². The van der Waals surface area contributed by atoms with Crippen LogP contribution in [0, 0.1) is 12.0 Å². The first-order chi connectivity index (χ1) is 10.1. The Balaban J connectivity index is 1.89. The molecule has 1 aromatic carbocycles. The van der Waals surface area contributed by atoms with Crippen molar-refractivity contribution in [1.29, 1.82) is 0 Å². The Morgan fingerprint density at radius 3 is 2.57 bits per heavy atom. The van der Waals surface area contributed by atoms with Gasteiger partial charge in [0.15, 0.2) is 6.10 Å². The first-order valence-electron chi connectivity index (χ1n) is 7.96. The number of hydrogen-bond donors (Lipinski definition) is 0. The number of carbonyl (C=O) groups is 1. The molecule has 1 aliphatic carbocycles. The minimum atomic E-state index is -0.418. The molecule has 0 aromatic heterocycles. The lowest BCUT2D eigenvalue weighted by Crippen LogP contribution is -2.21. The summed E-state index contributed by atoms with van der Waals surface area (Å²) in [6.07, 6.45) is 6.35. The van der Waals surface area contributed by atoms with E-state index in [4.69, 9.17) is 9.78 Å². The smallest absolute Gasteiger partial charge is 0.292 e. The van der Waals surface area contributed by atoms with Crippen molar-refractivity contribution >= 4 is 5.97 Å². The molecule has 2 rings (SSSR count). The Bertz CT molecular complexity index is 450. The SMILES string of the molecule is CCC1CCCC[C]1OOC(=O)c1ccc(C(C)C)cc1. The highest BCUT2D eigenvalue weighted by atomic mass is 17.2. The fourth-order valence-electron chi connectivity index (χ4n) is 2.74. The topological polar surface area (TPSA) is 35.5 Å². The maximum absolute atomic E-state index is 12.0. The summed E-state index contributed by atoms with van der Waals surface area (Å²) >= 11 is 0. The molecule has 3 heteroatoms. The van der Waals surface area contributed by atoms with E-state index in [-0.39, 0.29) is 0 Å². The Hall–Kier alpha value is -1.35. The predicted octanol–water partition coefficient (Wildman–Crippen LogP) is 5.03. The van der Waals surface area contributed by atoms with E-state index >= 15 is 0 Å². The summed E-state index contributed by atoms with van der Waals surface area (Å²) in [7, 11) is 0. The maximum atomic E-state index is 12.0. The van der Waals surface area contributed by atoms with Gasteiger partial charge in [-0.1, -0.05) is 52.2 Å². The lowest BCUT2D eigenvalue weighted by molar-refractivity contribution is -0.247. The molecule has 1 unspecified atom stereocenters. The van der Waals surface area contributed by atoms with E-state index in [1.54, 1.807) is 12.1 Å². The molecule has 115 valence electrons. The van der Waals surface area contributed by atoms with Crippen molar-refractivity contribution in [3.63, 3.8) is 0 Å². The van der Waals surface area contributed by atoms with E-state index < -0.39 is 5.97 Å². The zero-order valence-corrected chi connectivity index (χ0v) is 13.2. The Morgan fingerprint density at radius 2 is 1.95 bits per heavy atom. The first kappa shape index (κ1) is 16.0. The van der Waals surface area contributed by atoms with Gasteiger partial charge in [-0.05, 0) is 42.4 Å². The van der Waals surface area contributed by atoms with Gasteiger partial charge in [-0.25, -0.2) is 4.79 Å². The van der Waals surface area contributed by atoms with Crippen LogP contribution < -0.4 is 0 Å². The second-order valence-corrected chi connectivity index (χ2v) is 6.05. The standard InChI is InChI=1S/C18H25O3/c1-4-14-7-5-6-8-17(14)20-21-18(19)16-11-9-15(10-12-16)13(2)3/h9-14H,4-8H2,1-3H3. The molecule has 21 heavy (non-hydrogen) atoms. The van der Waals surface area contributed by atoms with Crippen LogP contribution in [0.3, 0.4) is 0 Å². The van der Waals surface area contributed by atoms with E-state index in [2.05, 4.69) is 20.8 Å². The van der Waals surface area contributed by atoms with E-state index in [1.807, 2.05) is 12.1 Å². The van der Waals surface area contributed by atoms with Gasteiger partial charge in [-0.15, -0.1) is 0 Å². The second-order valence-electron chi connectivity index (χ2n) is 6.05. The van der Waals surface area contributed by atoms with Crippen molar-refractivity contribution in [2.75, 3.05) is 0 Å². The van der Waals surface area contributed by atoms with E-state index in [1.165, 1.54) is 12.0 Å². The summed E-state index contributed by atoms with van der Waals surface area (Å²) in [6.45, 7) is 6.40. The third kappa shape index (κ3) is 4.31. The number of hydrogen-bond acceptors (Lipinski definition) is 3. The maximum Gasteiger partial charge on any atom is 0.373 e. The molecule has 3 nitrogen and oxygen atoms in total. The lowest BCUT2D eigenvalue weighted by atomic mass is 9.85. The minimum Gasteiger partial charge on any atom is -0.292 e. The van der Waals surface area contributed by atoms with Crippen molar-refractivity contribution in [2.24, 2.45) is 5.92 Å². The molecule has 0 saturated heterocycles. The van der Waals surface area contributed by atoms with Gasteiger partial charge in [-0.2, -0.15) is 4.89 Å². The molecule has 1 radical (unpaired) electrons. The van der Waals surface area contributed by atoms with Crippen LogP contribution in [0.2, 0.25) is 0 Å². The highest BCUT2D eigenvalue weighted by molar-refractivity contribution is 5.88. The third-order valence-corrected chi connectivity index (χ3v) is 4.21. The van der Waals surface area contributed by atoms with Crippen LogP contribution >= 0.6 is 0 Å². The second kappa shape index (κ2) is 7.60. The predicted molar refractivity (Wildman–Crippen MR) is 82.5 cm³/mol.